The highest BCUT2D eigenvalue weighted by molar-refractivity contribution is 6.11. The van der Waals surface area contributed by atoms with Gasteiger partial charge in [0, 0.05) is 93.3 Å². The molecule has 64 heavy (non-hydrogen) atoms. The lowest BCUT2D eigenvalue weighted by molar-refractivity contribution is -0.120. The Morgan fingerprint density at radius 3 is 2.47 bits per heavy atom. The van der Waals surface area contributed by atoms with Crippen LogP contribution in [0.2, 0.25) is 0 Å². The molecule has 11 rings (SSSR count). The monoisotopic (exact) mass is 877 g/mol. The molecule has 5 saturated heterocycles. The number of morpholine rings is 1. The normalized spacial score (nSPS) is 25.0. The highest BCUT2D eigenvalue weighted by atomic mass is 19.3. The Labute approximate surface area is 368 Å². The number of piperazine rings is 1. The van der Waals surface area contributed by atoms with E-state index in [-0.39, 0.29) is 41.8 Å². The number of aromatic nitrogens is 6. The maximum atomic E-state index is 14.3. The molecule has 2 N–H and O–H groups in total. The zero-order valence-corrected chi connectivity index (χ0v) is 35.7. The molecule has 1 aromatic carbocycles. The van der Waals surface area contributed by atoms with Crippen molar-refractivity contribution < 1.29 is 27.9 Å². The summed E-state index contributed by atoms with van der Waals surface area (Å²) in [5.41, 5.74) is 1.99. The molecule has 0 unspecified atom stereocenters. The molecule has 336 valence electrons. The van der Waals surface area contributed by atoms with Crippen molar-refractivity contribution in [1.82, 2.24) is 44.5 Å². The number of urea groups is 1. The summed E-state index contributed by atoms with van der Waals surface area (Å²) in [6.07, 6.45) is 12.8. The molecule has 19 heteroatoms. The van der Waals surface area contributed by atoms with Crippen LogP contribution in [0.25, 0.3) is 16.4 Å². The summed E-state index contributed by atoms with van der Waals surface area (Å²) >= 11 is 0. The number of imide groups is 1. The van der Waals surface area contributed by atoms with Crippen molar-refractivity contribution in [2.75, 3.05) is 85.5 Å². The molecule has 5 aromatic rings. The van der Waals surface area contributed by atoms with Gasteiger partial charge >= 0.3 is 6.03 Å². The van der Waals surface area contributed by atoms with Crippen molar-refractivity contribution in [3.05, 3.63) is 66.5 Å². The van der Waals surface area contributed by atoms with Crippen LogP contribution in [0.3, 0.4) is 0 Å². The fourth-order valence-electron chi connectivity index (χ4n) is 11.1. The van der Waals surface area contributed by atoms with E-state index in [0.717, 1.165) is 120 Å². The van der Waals surface area contributed by atoms with E-state index in [2.05, 4.69) is 51.5 Å². The van der Waals surface area contributed by atoms with Gasteiger partial charge in [-0.2, -0.15) is 10.2 Å². The standard InChI is InChI=1S/C45H53F2N13O4/c46-42(47)41-36(50-44(62)35-22-49-59-15-10-39(51-43(35)59)58-25-32-20-31(58)27-64-32)26-60(53-41)30-6-4-28(5-7-30)24-54-12-8-29(9-13-54)55-16-18-56(19-17-55)37-3-1-2-33-34(37)21-48-23-38(33)57-14-11-40(61)52-45(57)63/h1-3,10,15,21-23,26,28-32,42H,4-9,11-14,16-20,24-25,27H2,(H,50,62)(H,52,61,63)/t28?,30?,31-,32-/m1/s1. The summed E-state index contributed by atoms with van der Waals surface area (Å²) in [6.45, 7) is 8.69. The minimum atomic E-state index is -2.84. The number of halogens is 2. The average molecular weight is 878 g/mol. The number of ether oxygens (including phenoxy) is 1. The third kappa shape index (κ3) is 7.80. The molecule has 4 aromatic heterocycles. The number of carbonyl (C=O) groups excluding carboxylic acids is 3. The number of nitrogens with one attached hydrogen (secondary N) is 2. The van der Waals surface area contributed by atoms with Gasteiger partial charge in [0.25, 0.3) is 12.3 Å². The van der Waals surface area contributed by atoms with Crippen molar-refractivity contribution in [2.45, 2.75) is 82.0 Å². The number of rotatable bonds is 10. The van der Waals surface area contributed by atoms with Gasteiger partial charge in [0.15, 0.2) is 11.3 Å². The summed E-state index contributed by atoms with van der Waals surface area (Å²) < 4.78 is 37.6. The second kappa shape index (κ2) is 17.0. The van der Waals surface area contributed by atoms with Gasteiger partial charge in [-0.15, -0.1) is 0 Å². The Morgan fingerprint density at radius 1 is 0.891 bits per heavy atom. The molecule has 2 atom stereocenters. The van der Waals surface area contributed by atoms with Crippen LogP contribution < -0.4 is 25.3 Å². The van der Waals surface area contributed by atoms with Crippen LogP contribution in [0.5, 0.6) is 0 Å². The van der Waals surface area contributed by atoms with Gasteiger partial charge in [0.1, 0.15) is 11.4 Å². The minimum Gasteiger partial charge on any atom is -0.374 e. The maximum Gasteiger partial charge on any atom is 0.328 e. The molecule has 1 saturated carbocycles. The van der Waals surface area contributed by atoms with E-state index in [9.17, 15) is 23.2 Å². The first-order valence-corrected chi connectivity index (χ1v) is 22.8. The summed E-state index contributed by atoms with van der Waals surface area (Å²) in [5.74, 6) is 0.475. The summed E-state index contributed by atoms with van der Waals surface area (Å²) in [4.78, 5) is 58.7. The van der Waals surface area contributed by atoms with Gasteiger partial charge < -0.3 is 24.8 Å². The van der Waals surface area contributed by atoms with Crippen LogP contribution in [-0.2, 0) is 9.53 Å². The van der Waals surface area contributed by atoms with Crippen LogP contribution in [0.4, 0.5) is 36.5 Å². The Balaban J connectivity index is 0.657. The summed E-state index contributed by atoms with van der Waals surface area (Å²) in [5, 5.41) is 15.7. The molecule has 2 bridgehead atoms. The maximum absolute atomic E-state index is 14.3. The molecule has 4 amide bonds. The second-order valence-electron chi connectivity index (χ2n) is 18.3. The van der Waals surface area contributed by atoms with E-state index in [0.29, 0.717) is 36.4 Å². The topological polar surface area (TPSA) is 162 Å². The highest BCUT2D eigenvalue weighted by Gasteiger charge is 2.40. The SMILES string of the molecule is O=C1CCN(c2cncc3c(N4CCN(C5CCN(CC6CCC(n7cc(NC(=O)c8cnn9ccc(N%10C[C@H]%11C[C@@H]%10CO%11)nc89)c(C(F)F)n7)CC6)CC5)CC4)cccc23)C(=O)N1. The predicted octanol–water partition coefficient (Wildman–Crippen LogP) is 5.11. The molecule has 6 fully saturated rings. The molecular weight excluding hydrogens is 825 g/mol. The van der Waals surface area contributed by atoms with Crippen molar-refractivity contribution in [1.29, 1.82) is 0 Å². The molecule has 6 aliphatic rings. The Kier molecular flexibility index (Phi) is 10.9. The quantitative estimate of drug-likeness (QED) is 0.191. The number of fused-ring (bicyclic) bond motifs is 4. The largest absolute Gasteiger partial charge is 0.374 e. The third-order valence-corrected chi connectivity index (χ3v) is 14.5. The number of benzene rings is 1. The van der Waals surface area contributed by atoms with Gasteiger partial charge in [-0.3, -0.25) is 34.4 Å². The number of hydrogen-bond donors (Lipinski definition) is 2. The number of hydrogen-bond acceptors (Lipinski definition) is 12. The highest BCUT2D eigenvalue weighted by Crippen LogP contribution is 2.38. The number of anilines is 4. The number of likely N-dealkylation sites (tertiary alicyclic amines) is 1. The van der Waals surface area contributed by atoms with Crippen molar-refractivity contribution in [3.8, 4) is 0 Å². The molecule has 0 radical (unpaired) electrons. The number of piperidine rings is 1. The van der Waals surface area contributed by atoms with Crippen LogP contribution in [0.15, 0.2) is 55.2 Å². The van der Waals surface area contributed by atoms with E-state index in [4.69, 9.17) is 9.72 Å². The number of carbonyl (C=O) groups is 3. The van der Waals surface area contributed by atoms with E-state index in [1.165, 1.54) is 10.7 Å². The van der Waals surface area contributed by atoms with Crippen molar-refractivity contribution >= 4 is 57.1 Å². The van der Waals surface area contributed by atoms with Gasteiger partial charge in [-0.1, -0.05) is 12.1 Å². The van der Waals surface area contributed by atoms with E-state index in [1.54, 1.807) is 28.2 Å². The van der Waals surface area contributed by atoms with Gasteiger partial charge in [0.05, 0.1) is 48.6 Å². The Bertz CT molecular complexity index is 2560. The fourth-order valence-corrected chi connectivity index (χ4v) is 11.1. The Hall–Kier alpha value is -5.79. The van der Waals surface area contributed by atoms with Gasteiger partial charge in [0.2, 0.25) is 5.91 Å². The smallest absolute Gasteiger partial charge is 0.328 e. The number of pyridine rings is 1. The van der Waals surface area contributed by atoms with E-state index >= 15 is 0 Å². The van der Waals surface area contributed by atoms with Crippen LogP contribution in [-0.4, -0.2) is 141 Å². The van der Waals surface area contributed by atoms with Crippen LogP contribution in [0, 0.1) is 5.92 Å². The first kappa shape index (κ1) is 40.9. The molecule has 9 heterocycles. The molecular formula is C45H53F2N13O4. The van der Waals surface area contributed by atoms with E-state index in [1.807, 2.05) is 24.4 Å². The minimum absolute atomic E-state index is 0.0138. The molecule has 1 aliphatic carbocycles. The molecule has 17 nitrogen and oxygen atoms in total. The van der Waals surface area contributed by atoms with Crippen LogP contribution in [0.1, 0.15) is 79.9 Å². The first-order chi connectivity index (χ1) is 31.2. The van der Waals surface area contributed by atoms with Crippen molar-refractivity contribution in [2.24, 2.45) is 5.92 Å². The number of amides is 4. The van der Waals surface area contributed by atoms with Crippen molar-refractivity contribution in [3.63, 3.8) is 0 Å². The summed E-state index contributed by atoms with van der Waals surface area (Å²) in [6, 6.07) is 8.44. The zero-order valence-electron chi connectivity index (χ0n) is 35.7. The lowest BCUT2D eigenvalue weighted by Gasteiger charge is -2.44. The lowest BCUT2D eigenvalue weighted by atomic mass is 9.85. The third-order valence-electron chi connectivity index (χ3n) is 14.5. The fraction of sp³-hybridized carbons (Fsp3) is 0.533. The molecule has 5 aliphatic heterocycles. The lowest BCUT2D eigenvalue weighted by Crippen LogP contribution is -2.53. The predicted molar refractivity (Wildman–Crippen MR) is 235 cm³/mol. The Morgan fingerprint density at radius 2 is 1.72 bits per heavy atom. The average Bonchev–Trinajstić information content (AvgIpc) is 4.14. The van der Waals surface area contributed by atoms with Crippen LogP contribution >= 0.6 is 0 Å². The zero-order chi connectivity index (χ0) is 43.5. The molecule has 0 spiro atoms. The summed E-state index contributed by atoms with van der Waals surface area (Å²) in [7, 11) is 0. The second-order valence-corrected chi connectivity index (χ2v) is 18.3. The van der Waals surface area contributed by atoms with Gasteiger partial charge in [-0.25, -0.2) is 23.1 Å². The first-order valence-electron chi connectivity index (χ1n) is 22.8. The number of nitrogens with zero attached hydrogens (tertiary/aromatic N) is 11. The number of alkyl halides is 2. The van der Waals surface area contributed by atoms with Gasteiger partial charge in [-0.05, 0) is 76.1 Å². The van der Waals surface area contributed by atoms with E-state index < -0.39 is 24.1 Å².